The SMILES string of the molecule is COc1cccc([C@H](C)n2cc(C(=O)O)nn2)c1. The van der Waals surface area contributed by atoms with Gasteiger partial charge in [0.25, 0.3) is 0 Å². The van der Waals surface area contributed by atoms with E-state index in [1.165, 1.54) is 10.9 Å². The molecule has 0 saturated carbocycles. The minimum atomic E-state index is -1.08. The molecule has 2 aromatic rings. The summed E-state index contributed by atoms with van der Waals surface area (Å²) in [5.41, 5.74) is 0.904. The van der Waals surface area contributed by atoms with E-state index in [9.17, 15) is 4.79 Å². The second-order valence-electron chi connectivity index (χ2n) is 3.84. The van der Waals surface area contributed by atoms with E-state index in [1.54, 1.807) is 7.11 Å². The van der Waals surface area contributed by atoms with Gasteiger partial charge in [0.05, 0.1) is 19.3 Å². The summed E-state index contributed by atoms with van der Waals surface area (Å²) in [7, 11) is 1.60. The van der Waals surface area contributed by atoms with Crippen molar-refractivity contribution in [1.82, 2.24) is 15.0 Å². The Kier molecular flexibility index (Phi) is 3.27. The molecule has 1 atom stereocenters. The quantitative estimate of drug-likeness (QED) is 0.887. The van der Waals surface area contributed by atoms with Crippen LogP contribution in [0.15, 0.2) is 30.5 Å². The lowest BCUT2D eigenvalue weighted by Gasteiger charge is -2.12. The van der Waals surface area contributed by atoms with Gasteiger partial charge < -0.3 is 9.84 Å². The number of aromatic nitrogens is 3. The molecule has 0 saturated heterocycles. The second kappa shape index (κ2) is 4.87. The van der Waals surface area contributed by atoms with Crippen molar-refractivity contribution >= 4 is 5.97 Å². The summed E-state index contributed by atoms with van der Waals surface area (Å²) < 4.78 is 6.66. The average Bonchev–Trinajstić information content (AvgIpc) is 2.87. The number of carboxylic acid groups (broad SMARTS) is 1. The highest BCUT2D eigenvalue weighted by atomic mass is 16.5. The van der Waals surface area contributed by atoms with Gasteiger partial charge in [-0.2, -0.15) is 0 Å². The average molecular weight is 247 g/mol. The van der Waals surface area contributed by atoms with E-state index < -0.39 is 5.97 Å². The van der Waals surface area contributed by atoms with E-state index in [-0.39, 0.29) is 11.7 Å². The molecule has 0 aliphatic heterocycles. The monoisotopic (exact) mass is 247 g/mol. The number of nitrogens with zero attached hydrogens (tertiary/aromatic N) is 3. The van der Waals surface area contributed by atoms with Gasteiger partial charge in [-0.3, -0.25) is 0 Å². The van der Waals surface area contributed by atoms with Crippen molar-refractivity contribution in [2.75, 3.05) is 7.11 Å². The molecule has 0 bridgehead atoms. The normalized spacial score (nSPS) is 12.1. The van der Waals surface area contributed by atoms with Crippen LogP contribution in [-0.2, 0) is 0 Å². The Labute approximate surface area is 104 Å². The Hall–Kier alpha value is -2.37. The first-order valence-corrected chi connectivity index (χ1v) is 5.41. The fourth-order valence-electron chi connectivity index (χ4n) is 1.62. The molecule has 0 spiro atoms. The van der Waals surface area contributed by atoms with Crippen LogP contribution in [0.25, 0.3) is 0 Å². The zero-order valence-electron chi connectivity index (χ0n) is 10.1. The fourth-order valence-corrected chi connectivity index (χ4v) is 1.62. The van der Waals surface area contributed by atoms with Gasteiger partial charge in [0.15, 0.2) is 5.69 Å². The van der Waals surface area contributed by atoms with Crippen LogP contribution in [0.2, 0.25) is 0 Å². The molecule has 1 aromatic carbocycles. The van der Waals surface area contributed by atoms with Crippen LogP contribution in [0.5, 0.6) is 5.75 Å². The number of methoxy groups -OCH3 is 1. The Bertz CT molecular complexity index is 565. The van der Waals surface area contributed by atoms with Crippen LogP contribution in [-0.4, -0.2) is 33.2 Å². The smallest absolute Gasteiger partial charge is 0.358 e. The Balaban J connectivity index is 2.28. The van der Waals surface area contributed by atoms with Gasteiger partial charge in [0, 0.05) is 0 Å². The minimum Gasteiger partial charge on any atom is -0.497 e. The molecule has 6 nitrogen and oxygen atoms in total. The van der Waals surface area contributed by atoms with Crippen molar-refractivity contribution in [2.24, 2.45) is 0 Å². The highest BCUT2D eigenvalue weighted by Crippen LogP contribution is 2.21. The third-order valence-electron chi connectivity index (χ3n) is 2.70. The van der Waals surface area contributed by atoms with Crippen LogP contribution in [0.1, 0.15) is 29.0 Å². The number of ether oxygens (including phenoxy) is 1. The molecule has 0 amide bonds. The molecular formula is C12H13N3O3. The fraction of sp³-hybridized carbons (Fsp3) is 0.250. The van der Waals surface area contributed by atoms with E-state index in [0.29, 0.717) is 0 Å². The first kappa shape index (κ1) is 12.1. The third-order valence-corrected chi connectivity index (χ3v) is 2.70. The molecule has 18 heavy (non-hydrogen) atoms. The van der Waals surface area contributed by atoms with Crippen molar-refractivity contribution in [3.8, 4) is 5.75 Å². The van der Waals surface area contributed by atoms with Crippen molar-refractivity contribution in [3.05, 3.63) is 41.7 Å². The van der Waals surface area contributed by atoms with Crippen LogP contribution in [0.4, 0.5) is 0 Å². The van der Waals surface area contributed by atoms with Crippen LogP contribution in [0.3, 0.4) is 0 Å². The zero-order valence-corrected chi connectivity index (χ0v) is 10.1. The number of benzene rings is 1. The molecule has 1 aromatic heterocycles. The molecule has 6 heteroatoms. The lowest BCUT2D eigenvalue weighted by Crippen LogP contribution is -2.07. The second-order valence-corrected chi connectivity index (χ2v) is 3.84. The maximum absolute atomic E-state index is 10.7. The van der Waals surface area contributed by atoms with Crippen LogP contribution >= 0.6 is 0 Å². The van der Waals surface area contributed by atoms with E-state index in [1.807, 2.05) is 31.2 Å². The van der Waals surface area contributed by atoms with Crippen LogP contribution in [0, 0.1) is 0 Å². The van der Waals surface area contributed by atoms with E-state index >= 15 is 0 Å². The highest BCUT2D eigenvalue weighted by molar-refractivity contribution is 5.84. The third kappa shape index (κ3) is 2.32. The maximum atomic E-state index is 10.7. The molecule has 0 aliphatic carbocycles. The van der Waals surface area contributed by atoms with Gasteiger partial charge in [-0.05, 0) is 24.6 Å². The van der Waals surface area contributed by atoms with Crippen molar-refractivity contribution < 1.29 is 14.6 Å². The predicted molar refractivity (Wildman–Crippen MR) is 63.8 cm³/mol. The number of carboxylic acids is 1. The number of rotatable bonds is 4. The number of carbonyl (C=O) groups is 1. The summed E-state index contributed by atoms with van der Waals surface area (Å²) in [5, 5.41) is 16.2. The molecule has 0 fully saturated rings. The first-order valence-electron chi connectivity index (χ1n) is 5.41. The maximum Gasteiger partial charge on any atom is 0.358 e. The Morgan fingerprint density at radius 3 is 2.89 bits per heavy atom. The summed E-state index contributed by atoms with van der Waals surface area (Å²) >= 11 is 0. The van der Waals surface area contributed by atoms with Gasteiger partial charge in [-0.1, -0.05) is 17.3 Å². The number of hydrogen-bond acceptors (Lipinski definition) is 4. The Morgan fingerprint density at radius 1 is 1.50 bits per heavy atom. The predicted octanol–water partition coefficient (Wildman–Crippen LogP) is 1.59. The summed E-state index contributed by atoms with van der Waals surface area (Å²) in [6.45, 7) is 1.91. The largest absolute Gasteiger partial charge is 0.497 e. The Morgan fingerprint density at radius 2 is 2.28 bits per heavy atom. The number of aromatic carboxylic acids is 1. The lowest BCUT2D eigenvalue weighted by molar-refractivity contribution is 0.0690. The molecule has 2 rings (SSSR count). The van der Waals surface area contributed by atoms with Gasteiger partial charge in [-0.25, -0.2) is 9.48 Å². The molecule has 94 valence electrons. The van der Waals surface area contributed by atoms with E-state index in [2.05, 4.69) is 10.3 Å². The number of hydrogen-bond donors (Lipinski definition) is 1. The minimum absolute atomic E-state index is 0.0650. The van der Waals surface area contributed by atoms with Gasteiger partial charge in [-0.15, -0.1) is 5.10 Å². The molecule has 0 unspecified atom stereocenters. The van der Waals surface area contributed by atoms with Gasteiger partial charge >= 0.3 is 5.97 Å². The van der Waals surface area contributed by atoms with E-state index in [0.717, 1.165) is 11.3 Å². The van der Waals surface area contributed by atoms with Crippen LogP contribution < -0.4 is 4.74 Å². The molecule has 0 radical (unpaired) electrons. The molecular weight excluding hydrogens is 234 g/mol. The molecule has 1 heterocycles. The van der Waals surface area contributed by atoms with Crippen molar-refractivity contribution in [2.45, 2.75) is 13.0 Å². The standard InChI is InChI=1S/C12H13N3O3/c1-8(9-4-3-5-10(6-9)18-2)15-7-11(12(16)17)13-14-15/h3-8H,1-2H3,(H,16,17)/t8-/m0/s1. The first-order chi connectivity index (χ1) is 8.61. The van der Waals surface area contributed by atoms with Crippen molar-refractivity contribution in [1.29, 1.82) is 0 Å². The summed E-state index contributed by atoms with van der Waals surface area (Å²) in [6.07, 6.45) is 1.41. The van der Waals surface area contributed by atoms with Crippen molar-refractivity contribution in [3.63, 3.8) is 0 Å². The topological polar surface area (TPSA) is 77.2 Å². The highest BCUT2D eigenvalue weighted by Gasteiger charge is 2.14. The van der Waals surface area contributed by atoms with Gasteiger partial charge in [0.1, 0.15) is 5.75 Å². The summed E-state index contributed by atoms with van der Waals surface area (Å²) in [4.78, 5) is 10.7. The zero-order chi connectivity index (χ0) is 13.1. The lowest BCUT2D eigenvalue weighted by atomic mass is 10.1. The molecule has 1 N–H and O–H groups in total. The summed E-state index contributed by atoms with van der Waals surface area (Å²) in [5.74, 6) is -0.336. The van der Waals surface area contributed by atoms with Gasteiger partial charge in [0.2, 0.25) is 0 Å². The summed E-state index contributed by atoms with van der Waals surface area (Å²) in [6, 6.07) is 7.42. The van der Waals surface area contributed by atoms with E-state index in [4.69, 9.17) is 9.84 Å². The molecule has 0 aliphatic rings.